The number of aliphatic hydroxyl groups is 1. The van der Waals surface area contributed by atoms with Crippen LogP contribution in [0.25, 0.3) is 22.0 Å². The molecule has 2 N–H and O–H groups in total. The number of carboxylic acid groups (broad SMARTS) is 1. The van der Waals surface area contributed by atoms with Gasteiger partial charge in [-0.1, -0.05) is 66.4 Å². The van der Waals surface area contributed by atoms with E-state index in [0.29, 0.717) is 23.0 Å². The Bertz CT molecular complexity index is 1300. The smallest absolute Gasteiger partial charge is 0.337 e. The minimum atomic E-state index is -1.14. The van der Waals surface area contributed by atoms with Gasteiger partial charge in [-0.05, 0) is 42.7 Å². The lowest BCUT2D eigenvalue weighted by Gasteiger charge is -2.09. The number of aromatic carboxylic acids is 1. The molecule has 3 aromatic carbocycles. The first-order chi connectivity index (χ1) is 14.8. The lowest BCUT2D eigenvalue weighted by molar-refractivity contribution is 0.0698. The molecule has 0 bridgehead atoms. The Labute approximate surface area is 180 Å². The normalized spacial score (nSPS) is 11.2. The van der Waals surface area contributed by atoms with Crippen molar-refractivity contribution in [1.82, 2.24) is 9.78 Å². The van der Waals surface area contributed by atoms with Crippen molar-refractivity contribution in [3.8, 4) is 23.0 Å². The topological polar surface area (TPSA) is 75.3 Å². The van der Waals surface area contributed by atoms with E-state index in [-0.39, 0.29) is 5.56 Å². The molecule has 0 aliphatic heterocycles. The van der Waals surface area contributed by atoms with Crippen LogP contribution in [-0.4, -0.2) is 31.6 Å². The Hall–Kier alpha value is -3.88. The van der Waals surface area contributed by atoms with Crippen molar-refractivity contribution in [3.63, 3.8) is 0 Å². The van der Waals surface area contributed by atoms with E-state index >= 15 is 0 Å². The van der Waals surface area contributed by atoms with Gasteiger partial charge < -0.3 is 10.2 Å². The second-order valence-corrected chi connectivity index (χ2v) is 7.90. The highest BCUT2D eigenvalue weighted by Crippen LogP contribution is 2.25. The minimum absolute atomic E-state index is 0.169. The van der Waals surface area contributed by atoms with Crippen LogP contribution in [0, 0.1) is 11.8 Å². The average Bonchev–Trinajstić information content (AvgIpc) is 3.16. The molecule has 0 unspecified atom stereocenters. The van der Waals surface area contributed by atoms with Crippen molar-refractivity contribution >= 4 is 16.9 Å². The summed E-state index contributed by atoms with van der Waals surface area (Å²) in [7, 11) is 0. The summed E-state index contributed by atoms with van der Waals surface area (Å²) in [5.41, 5.74) is 3.44. The molecule has 0 aliphatic rings. The fourth-order valence-corrected chi connectivity index (χ4v) is 3.43. The maximum Gasteiger partial charge on any atom is 0.337 e. The first kappa shape index (κ1) is 20.4. The second kappa shape index (κ2) is 8.10. The van der Waals surface area contributed by atoms with E-state index in [1.807, 2.05) is 30.3 Å². The van der Waals surface area contributed by atoms with Gasteiger partial charge in [-0.2, -0.15) is 5.10 Å². The van der Waals surface area contributed by atoms with Crippen LogP contribution >= 0.6 is 0 Å². The SMILES string of the molecule is CC(C)(O)C#Cc1ccc(C(=O)O)c2c1cnn2Cc1ccc(-c2ccccc2)cc1. The summed E-state index contributed by atoms with van der Waals surface area (Å²) in [6.07, 6.45) is 1.63. The Morgan fingerprint density at radius 2 is 1.68 bits per heavy atom. The van der Waals surface area contributed by atoms with Gasteiger partial charge in [0.15, 0.2) is 0 Å². The third-order valence-corrected chi connectivity index (χ3v) is 4.93. The van der Waals surface area contributed by atoms with Gasteiger partial charge >= 0.3 is 5.97 Å². The summed E-state index contributed by atoms with van der Waals surface area (Å²) in [6, 6.07) is 21.5. The molecule has 5 heteroatoms. The Kier molecular flexibility index (Phi) is 5.33. The van der Waals surface area contributed by atoms with Crippen molar-refractivity contribution in [3.05, 3.63) is 89.6 Å². The summed E-state index contributed by atoms with van der Waals surface area (Å²) in [5.74, 6) is 4.71. The molecule has 0 saturated heterocycles. The number of fused-ring (bicyclic) bond motifs is 1. The summed E-state index contributed by atoms with van der Waals surface area (Å²) in [5, 5.41) is 24.7. The number of carbonyl (C=O) groups is 1. The van der Waals surface area contributed by atoms with Crippen LogP contribution in [0.3, 0.4) is 0 Å². The second-order valence-electron chi connectivity index (χ2n) is 7.90. The van der Waals surface area contributed by atoms with Crippen LogP contribution in [0.15, 0.2) is 72.9 Å². The maximum absolute atomic E-state index is 11.8. The predicted molar refractivity (Wildman–Crippen MR) is 121 cm³/mol. The average molecular weight is 410 g/mol. The summed E-state index contributed by atoms with van der Waals surface area (Å²) in [6.45, 7) is 3.64. The Morgan fingerprint density at radius 3 is 2.32 bits per heavy atom. The van der Waals surface area contributed by atoms with E-state index in [0.717, 1.165) is 16.7 Å². The molecule has 0 spiro atoms. The van der Waals surface area contributed by atoms with E-state index in [1.165, 1.54) is 6.07 Å². The van der Waals surface area contributed by atoms with Gasteiger partial charge in [0.1, 0.15) is 5.60 Å². The molecule has 4 rings (SSSR count). The van der Waals surface area contributed by atoms with E-state index in [9.17, 15) is 15.0 Å². The number of hydrogen-bond donors (Lipinski definition) is 2. The van der Waals surface area contributed by atoms with Crippen molar-refractivity contribution in [2.24, 2.45) is 0 Å². The summed E-state index contributed by atoms with van der Waals surface area (Å²) in [4.78, 5) is 11.8. The van der Waals surface area contributed by atoms with Crippen molar-refractivity contribution in [2.75, 3.05) is 0 Å². The lowest BCUT2D eigenvalue weighted by Crippen LogP contribution is -2.14. The van der Waals surface area contributed by atoms with Gasteiger partial charge in [0.25, 0.3) is 0 Å². The van der Waals surface area contributed by atoms with Crippen LogP contribution in [-0.2, 0) is 6.54 Å². The number of aromatic nitrogens is 2. The quantitative estimate of drug-likeness (QED) is 0.483. The number of hydrogen-bond acceptors (Lipinski definition) is 3. The van der Waals surface area contributed by atoms with Gasteiger partial charge in [0, 0.05) is 10.9 Å². The number of rotatable bonds is 4. The Morgan fingerprint density at radius 1 is 1.00 bits per heavy atom. The molecule has 0 fully saturated rings. The zero-order valence-electron chi connectivity index (χ0n) is 17.3. The molecule has 31 heavy (non-hydrogen) atoms. The first-order valence-corrected chi connectivity index (χ1v) is 9.93. The third-order valence-electron chi connectivity index (χ3n) is 4.93. The molecule has 5 nitrogen and oxygen atoms in total. The third kappa shape index (κ3) is 4.50. The fourth-order valence-electron chi connectivity index (χ4n) is 3.43. The first-order valence-electron chi connectivity index (χ1n) is 9.93. The molecule has 0 radical (unpaired) electrons. The molecular weight excluding hydrogens is 388 g/mol. The molecule has 154 valence electrons. The molecule has 0 atom stereocenters. The van der Waals surface area contributed by atoms with Crippen LogP contribution < -0.4 is 0 Å². The fraction of sp³-hybridized carbons (Fsp3) is 0.154. The monoisotopic (exact) mass is 410 g/mol. The number of carboxylic acids is 1. The van der Waals surface area contributed by atoms with Crippen LogP contribution in [0.2, 0.25) is 0 Å². The highest BCUT2D eigenvalue weighted by Gasteiger charge is 2.17. The largest absolute Gasteiger partial charge is 0.478 e. The highest BCUT2D eigenvalue weighted by molar-refractivity contribution is 6.03. The molecule has 0 amide bonds. The molecule has 4 aromatic rings. The van der Waals surface area contributed by atoms with Crippen molar-refractivity contribution < 1.29 is 15.0 Å². The maximum atomic E-state index is 11.8. The molecule has 0 aliphatic carbocycles. The molecule has 1 heterocycles. The highest BCUT2D eigenvalue weighted by atomic mass is 16.4. The number of nitrogens with zero attached hydrogens (tertiary/aromatic N) is 2. The van der Waals surface area contributed by atoms with E-state index in [2.05, 4.69) is 41.2 Å². The van der Waals surface area contributed by atoms with Crippen LogP contribution in [0.5, 0.6) is 0 Å². The van der Waals surface area contributed by atoms with Crippen LogP contribution in [0.1, 0.15) is 35.3 Å². The van der Waals surface area contributed by atoms with Gasteiger partial charge in [0.2, 0.25) is 0 Å². The van der Waals surface area contributed by atoms with E-state index in [4.69, 9.17) is 0 Å². The Balaban J connectivity index is 1.72. The van der Waals surface area contributed by atoms with Crippen LogP contribution in [0.4, 0.5) is 0 Å². The summed E-state index contributed by atoms with van der Waals surface area (Å²) >= 11 is 0. The predicted octanol–water partition coefficient (Wildman–Crippen LogP) is 4.57. The van der Waals surface area contributed by atoms with Gasteiger partial charge in [-0.25, -0.2) is 4.79 Å². The minimum Gasteiger partial charge on any atom is -0.478 e. The van der Waals surface area contributed by atoms with Crippen molar-refractivity contribution in [1.29, 1.82) is 0 Å². The van der Waals surface area contributed by atoms with Gasteiger partial charge in [-0.15, -0.1) is 0 Å². The molecule has 0 saturated carbocycles. The van der Waals surface area contributed by atoms with E-state index in [1.54, 1.807) is 30.8 Å². The zero-order valence-corrected chi connectivity index (χ0v) is 17.3. The molecular formula is C26H22N2O3. The lowest BCUT2D eigenvalue weighted by atomic mass is 10.0. The summed E-state index contributed by atoms with van der Waals surface area (Å²) < 4.78 is 1.69. The van der Waals surface area contributed by atoms with Crippen molar-refractivity contribution in [2.45, 2.75) is 26.0 Å². The zero-order chi connectivity index (χ0) is 22.0. The van der Waals surface area contributed by atoms with E-state index < -0.39 is 11.6 Å². The number of benzene rings is 3. The standard InChI is InChI=1S/C26H22N2O3/c1-26(2,31)15-14-21-12-13-22(25(29)30)24-23(21)16-27-28(24)17-18-8-10-20(11-9-18)19-6-4-3-5-7-19/h3-13,16,31H,17H2,1-2H3,(H,29,30). The van der Waals surface area contributed by atoms with Gasteiger partial charge in [-0.3, -0.25) is 4.68 Å². The van der Waals surface area contributed by atoms with Gasteiger partial charge in [0.05, 0.1) is 23.8 Å². The molecule has 1 aromatic heterocycles.